The van der Waals surface area contributed by atoms with Gasteiger partial charge < -0.3 is 9.64 Å². The summed E-state index contributed by atoms with van der Waals surface area (Å²) in [5.41, 5.74) is 2.62. The minimum absolute atomic E-state index is 0.0528. The average molecular weight is 387 g/mol. The number of benzene rings is 1. The molecule has 5 nitrogen and oxygen atoms in total. The number of ether oxygens (including phenoxy) is 1. The van der Waals surface area contributed by atoms with Crippen molar-refractivity contribution < 1.29 is 14.3 Å². The van der Waals surface area contributed by atoms with Crippen molar-refractivity contribution in [3.05, 3.63) is 35.4 Å². The van der Waals surface area contributed by atoms with Crippen molar-refractivity contribution in [2.75, 3.05) is 26.2 Å². The summed E-state index contributed by atoms with van der Waals surface area (Å²) in [6.07, 6.45) is 3.79. The average Bonchev–Trinajstić information content (AvgIpc) is 3.53. The molecule has 1 aromatic rings. The molecule has 0 N–H and O–H groups in total. The summed E-state index contributed by atoms with van der Waals surface area (Å²) < 4.78 is 5.12. The van der Waals surface area contributed by atoms with Crippen LogP contribution in [0.4, 0.5) is 0 Å². The molecule has 1 aliphatic heterocycles. The molecule has 0 atom stereocenters. The lowest BCUT2D eigenvalue weighted by molar-refractivity contribution is -0.151. The molecule has 3 rings (SSSR count). The molecule has 1 aliphatic carbocycles. The minimum Gasteiger partial charge on any atom is -0.466 e. The summed E-state index contributed by atoms with van der Waals surface area (Å²) in [6.45, 7) is 9.28. The van der Waals surface area contributed by atoms with E-state index in [0.717, 1.165) is 6.54 Å². The fourth-order valence-electron chi connectivity index (χ4n) is 3.89. The van der Waals surface area contributed by atoms with Gasteiger partial charge in [-0.2, -0.15) is 0 Å². The summed E-state index contributed by atoms with van der Waals surface area (Å²) in [5, 5.41) is 0. The molecule has 0 bridgehead atoms. The molecule has 5 heteroatoms. The first-order valence-electron chi connectivity index (χ1n) is 10.7. The van der Waals surface area contributed by atoms with Crippen LogP contribution < -0.4 is 0 Å². The Morgan fingerprint density at radius 2 is 1.75 bits per heavy atom. The monoisotopic (exact) mass is 386 g/mol. The Balaban J connectivity index is 1.52. The topological polar surface area (TPSA) is 49.9 Å². The Labute approximate surface area is 169 Å². The smallest absolute Gasteiger partial charge is 0.309 e. The second kappa shape index (κ2) is 9.55. The first kappa shape index (κ1) is 20.8. The molecule has 0 unspecified atom stereocenters. The minimum atomic E-state index is -0.112. The van der Waals surface area contributed by atoms with Gasteiger partial charge in [-0.15, -0.1) is 0 Å². The lowest BCUT2D eigenvalue weighted by atomic mass is 9.97. The maximum atomic E-state index is 12.8. The molecular weight excluding hydrogens is 352 g/mol. The van der Waals surface area contributed by atoms with Gasteiger partial charge in [0, 0.05) is 25.7 Å². The second-order valence-corrected chi connectivity index (χ2v) is 8.44. The highest BCUT2D eigenvalue weighted by atomic mass is 16.5. The third-order valence-electron chi connectivity index (χ3n) is 5.90. The number of carbonyl (C=O) groups is 2. The maximum absolute atomic E-state index is 12.8. The van der Waals surface area contributed by atoms with Crippen molar-refractivity contribution in [2.24, 2.45) is 5.92 Å². The normalized spacial score (nSPS) is 18.0. The largest absolute Gasteiger partial charge is 0.466 e. The fourth-order valence-corrected chi connectivity index (χ4v) is 3.89. The van der Waals surface area contributed by atoms with Gasteiger partial charge in [-0.1, -0.05) is 38.1 Å². The van der Waals surface area contributed by atoms with E-state index in [0.29, 0.717) is 51.0 Å². The Bertz CT molecular complexity index is 659. The number of esters is 1. The van der Waals surface area contributed by atoms with Crippen molar-refractivity contribution in [2.45, 2.75) is 65.0 Å². The highest BCUT2D eigenvalue weighted by molar-refractivity contribution is 5.79. The molecular formula is C23H34N2O3. The molecule has 0 aromatic heterocycles. The molecule has 0 spiro atoms. The van der Waals surface area contributed by atoms with E-state index < -0.39 is 0 Å². The van der Waals surface area contributed by atoms with Crippen LogP contribution in [0, 0.1) is 5.92 Å². The van der Waals surface area contributed by atoms with Crippen LogP contribution in [0.25, 0.3) is 0 Å². The summed E-state index contributed by atoms with van der Waals surface area (Å²) in [7, 11) is 0. The predicted octanol–water partition coefficient (Wildman–Crippen LogP) is 3.58. The Morgan fingerprint density at radius 1 is 1.11 bits per heavy atom. The van der Waals surface area contributed by atoms with Crippen LogP contribution in [0.15, 0.2) is 24.3 Å². The third kappa shape index (κ3) is 5.57. The second-order valence-electron chi connectivity index (χ2n) is 8.44. The van der Waals surface area contributed by atoms with E-state index in [4.69, 9.17) is 4.74 Å². The molecule has 2 aliphatic rings. The lowest BCUT2D eigenvalue weighted by Gasteiger charge is -2.33. The van der Waals surface area contributed by atoms with Crippen LogP contribution in [0.1, 0.15) is 63.5 Å². The van der Waals surface area contributed by atoms with Crippen LogP contribution in [0.3, 0.4) is 0 Å². The van der Waals surface area contributed by atoms with Gasteiger partial charge in [-0.3, -0.25) is 14.5 Å². The van der Waals surface area contributed by atoms with Gasteiger partial charge in [0.15, 0.2) is 0 Å². The van der Waals surface area contributed by atoms with Gasteiger partial charge >= 0.3 is 5.97 Å². The van der Waals surface area contributed by atoms with E-state index in [9.17, 15) is 9.59 Å². The molecule has 1 amide bonds. The quantitative estimate of drug-likeness (QED) is 0.641. The molecule has 1 saturated carbocycles. The van der Waals surface area contributed by atoms with Gasteiger partial charge in [-0.05, 0) is 49.7 Å². The van der Waals surface area contributed by atoms with Crippen molar-refractivity contribution in [1.82, 2.24) is 9.80 Å². The number of carbonyl (C=O) groups excluding carboxylic acids is 2. The number of hydrogen-bond acceptors (Lipinski definition) is 4. The highest BCUT2D eigenvalue weighted by Crippen LogP contribution is 2.29. The third-order valence-corrected chi connectivity index (χ3v) is 5.90. The van der Waals surface area contributed by atoms with Crippen molar-refractivity contribution in [3.8, 4) is 0 Å². The van der Waals surface area contributed by atoms with Crippen molar-refractivity contribution >= 4 is 11.9 Å². The molecule has 1 aromatic carbocycles. The number of rotatable bonds is 8. The van der Waals surface area contributed by atoms with Crippen LogP contribution in [-0.4, -0.2) is 54.0 Å². The van der Waals surface area contributed by atoms with Gasteiger partial charge in [0.2, 0.25) is 5.91 Å². The highest BCUT2D eigenvalue weighted by Gasteiger charge is 2.33. The molecule has 1 heterocycles. The van der Waals surface area contributed by atoms with Crippen LogP contribution in [0.5, 0.6) is 0 Å². The van der Waals surface area contributed by atoms with Crippen molar-refractivity contribution in [1.29, 1.82) is 0 Å². The van der Waals surface area contributed by atoms with Gasteiger partial charge in [0.05, 0.1) is 19.1 Å². The maximum Gasteiger partial charge on any atom is 0.309 e. The number of hydrogen-bond donors (Lipinski definition) is 0. The lowest BCUT2D eigenvalue weighted by Crippen LogP contribution is -2.45. The van der Waals surface area contributed by atoms with E-state index in [1.165, 1.54) is 24.0 Å². The first-order valence-corrected chi connectivity index (χ1v) is 10.7. The van der Waals surface area contributed by atoms with Crippen LogP contribution >= 0.6 is 0 Å². The van der Waals surface area contributed by atoms with E-state index in [1.54, 1.807) is 0 Å². The summed E-state index contributed by atoms with van der Waals surface area (Å²) in [5.74, 6) is 0.558. The van der Waals surface area contributed by atoms with Gasteiger partial charge in [0.1, 0.15) is 0 Å². The SMILES string of the molecule is CCOC(=O)C1CCN(C(=O)CN(Cc2ccc(C(C)C)cc2)C2CC2)CC1. The Morgan fingerprint density at radius 3 is 2.29 bits per heavy atom. The van der Waals surface area contributed by atoms with E-state index >= 15 is 0 Å². The van der Waals surface area contributed by atoms with Crippen molar-refractivity contribution in [3.63, 3.8) is 0 Å². The fraction of sp³-hybridized carbons (Fsp3) is 0.652. The molecule has 28 heavy (non-hydrogen) atoms. The van der Waals surface area contributed by atoms with Gasteiger partial charge in [0.25, 0.3) is 0 Å². The molecule has 0 radical (unpaired) electrons. The van der Waals surface area contributed by atoms with E-state index in [-0.39, 0.29) is 17.8 Å². The van der Waals surface area contributed by atoms with Gasteiger partial charge in [-0.25, -0.2) is 0 Å². The number of likely N-dealkylation sites (tertiary alicyclic amines) is 1. The van der Waals surface area contributed by atoms with Crippen LogP contribution in [0.2, 0.25) is 0 Å². The van der Waals surface area contributed by atoms with Crippen LogP contribution in [-0.2, 0) is 20.9 Å². The first-order chi connectivity index (χ1) is 13.5. The summed E-state index contributed by atoms with van der Waals surface area (Å²) in [6, 6.07) is 9.32. The summed E-state index contributed by atoms with van der Waals surface area (Å²) >= 11 is 0. The molecule has 1 saturated heterocycles. The van der Waals surface area contributed by atoms with E-state index in [1.807, 2.05) is 11.8 Å². The molecule has 154 valence electrons. The number of amides is 1. The Kier molecular flexibility index (Phi) is 7.11. The molecule has 2 fully saturated rings. The zero-order valence-electron chi connectivity index (χ0n) is 17.5. The summed E-state index contributed by atoms with van der Waals surface area (Å²) in [4.78, 5) is 29.0. The number of piperidine rings is 1. The van der Waals surface area contributed by atoms with E-state index in [2.05, 4.69) is 43.0 Å². The standard InChI is InChI=1S/C23H34N2O3/c1-4-28-23(27)20-11-13-24(14-12-20)22(26)16-25(21-9-10-21)15-18-5-7-19(8-6-18)17(2)3/h5-8,17,20-21H,4,9-16H2,1-3H3. The Hall–Kier alpha value is -1.88. The zero-order valence-corrected chi connectivity index (χ0v) is 17.5. The number of nitrogens with zero attached hydrogens (tertiary/aromatic N) is 2. The predicted molar refractivity (Wildman–Crippen MR) is 110 cm³/mol. The zero-order chi connectivity index (χ0) is 20.1.